The second kappa shape index (κ2) is 8.22. The lowest BCUT2D eigenvalue weighted by Crippen LogP contribution is -2.10. The average Bonchev–Trinajstić information content (AvgIpc) is 2.62. The molecule has 0 saturated heterocycles. The van der Waals surface area contributed by atoms with Crippen LogP contribution in [0.5, 0.6) is 0 Å². The summed E-state index contributed by atoms with van der Waals surface area (Å²) < 4.78 is 5.04. The fraction of sp³-hybridized carbons (Fsp3) is 0.211. The summed E-state index contributed by atoms with van der Waals surface area (Å²) >= 11 is 0. The zero-order valence-electron chi connectivity index (χ0n) is 15.4. The van der Waals surface area contributed by atoms with Crippen LogP contribution in [0.25, 0.3) is 0 Å². The highest BCUT2D eigenvalue weighted by molar-refractivity contribution is 5.95. The summed E-state index contributed by atoms with van der Waals surface area (Å²) in [6.07, 6.45) is 2.80. The van der Waals surface area contributed by atoms with Crippen LogP contribution in [-0.4, -0.2) is 32.5 Å². The maximum atomic E-state index is 12.1. The Bertz CT molecular complexity index is 940. The van der Waals surface area contributed by atoms with E-state index in [-0.39, 0.29) is 12.2 Å². The lowest BCUT2D eigenvalue weighted by molar-refractivity contribution is 0.0526. The van der Waals surface area contributed by atoms with Gasteiger partial charge in [-0.15, -0.1) is 0 Å². The van der Waals surface area contributed by atoms with E-state index in [1.807, 2.05) is 44.2 Å². The summed E-state index contributed by atoms with van der Waals surface area (Å²) in [5.41, 5.74) is 3.60. The van der Waals surface area contributed by atoms with E-state index in [1.165, 1.54) is 12.5 Å². The Hall–Kier alpha value is -3.55. The summed E-state index contributed by atoms with van der Waals surface area (Å²) in [7, 11) is 0. The van der Waals surface area contributed by atoms with Crippen LogP contribution in [0.2, 0.25) is 0 Å². The molecule has 0 spiro atoms. The van der Waals surface area contributed by atoms with Crippen LogP contribution in [0.15, 0.2) is 42.9 Å². The van der Waals surface area contributed by atoms with Gasteiger partial charge in [-0.1, -0.05) is 6.07 Å². The van der Waals surface area contributed by atoms with Gasteiger partial charge in [0.05, 0.1) is 6.61 Å². The largest absolute Gasteiger partial charge is 0.462 e. The van der Waals surface area contributed by atoms with Gasteiger partial charge in [-0.25, -0.2) is 24.7 Å². The predicted molar refractivity (Wildman–Crippen MR) is 103 cm³/mol. The van der Waals surface area contributed by atoms with Gasteiger partial charge >= 0.3 is 5.97 Å². The topological polar surface area (TPSA) is 102 Å². The number of hydrogen-bond donors (Lipinski definition) is 2. The van der Waals surface area contributed by atoms with Crippen molar-refractivity contribution < 1.29 is 9.53 Å². The highest BCUT2D eigenvalue weighted by Gasteiger charge is 2.14. The number of carbonyl (C=O) groups is 1. The number of nitrogens with zero attached hydrogens (tertiary/aromatic N) is 4. The summed E-state index contributed by atoms with van der Waals surface area (Å²) in [5.74, 6) is 0.431. The first-order chi connectivity index (χ1) is 13.0. The van der Waals surface area contributed by atoms with E-state index in [4.69, 9.17) is 4.74 Å². The number of benzene rings is 1. The van der Waals surface area contributed by atoms with Crippen molar-refractivity contribution >= 4 is 29.1 Å². The molecule has 0 bridgehead atoms. The molecule has 8 nitrogen and oxygen atoms in total. The van der Waals surface area contributed by atoms with Gasteiger partial charge < -0.3 is 15.4 Å². The molecule has 1 aromatic carbocycles. The number of aryl methyl sites for hydroxylation is 2. The van der Waals surface area contributed by atoms with E-state index in [9.17, 15) is 4.79 Å². The van der Waals surface area contributed by atoms with Crippen LogP contribution in [0.3, 0.4) is 0 Å². The van der Waals surface area contributed by atoms with Crippen LogP contribution in [-0.2, 0) is 4.74 Å². The number of hydrogen-bond acceptors (Lipinski definition) is 8. The second-order valence-corrected chi connectivity index (χ2v) is 5.81. The van der Waals surface area contributed by atoms with Crippen molar-refractivity contribution in [2.75, 3.05) is 17.2 Å². The number of rotatable bonds is 6. The molecular weight excluding hydrogens is 344 g/mol. The molecule has 27 heavy (non-hydrogen) atoms. The van der Waals surface area contributed by atoms with Crippen molar-refractivity contribution in [3.63, 3.8) is 0 Å². The lowest BCUT2D eigenvalue weighted by Gasteiger charge is -2.11. The summed E-state index contributed by atoms with van der Waals surface area (Å²) in [6, 6.07) is 9.43. The highest BCUT2D eigenvalue weighted by atomic mass is 16.5. The number of aromatic nitrogens is 4. The normalized spacial score (nSPS) is 10.3. The molecule has 8 heteroatoms. The van der Waals surface area contributed by atoms with Gasteiger partial charge in [0.2, 0.25) is 5.95 Å². The van der Waals surface area contributed by atoms with E-state index in [2.05, 4.69) is 30.6 Å². The van der Waals surface area contributed by atoms with Gasteiger partial charge in [0.15, 0.2) is 0 Å². The third-order valence-electron chi connectivity index (χ3n) is 3.57. The number of esters is 1. The zero-order valence-corrected chi connectivity index (χ0v) is 15.4. The van der Waals surface area contributed by atoms with Crippen LogP contribution >= 0.6 is 0 Å². The first kappa shape index (κ1) is 18.2. The number of carbonyl (C=O) groups excluding carboxylic acids is 1. The van der Waals surface area contributed by atoms with E-state index >= 15 is 0 Å². The molecule has 0 aliphatic carbocycles. The van der Waals surface area contributed by atoms with E-state index in [0.717, 1.165) is 22.8 Å². The molecule has 0 amide bonds. The molecule has 0 aliphatic heterocycles. The average molecular weight is 364 g/mol. The maximum Gasteiger partial charge on any atom is 0.343 e. The van der Waals surface area contributed by atoms with Crippen LogP contribution < -0.4 is 10.6 Å². The Labute approximate surface area is 157 Å². The number of ether oxygens (including phenoxy) is 1. The van der Waals surface area contributed by atoms with Crippen molar-refractivity contribution in [2.24, 2.45) is 0 Å². The SMILES string of the molecule is CCOC(=O)c1cncnc1Nc1cccc(Nc2nc(C)cc(C)n2)c1. The van der Waals surface area contributed by atoms with E-state index < -0.39 is 5.97 Å². The van der Waals surface area contributed by atoms with Gasteiger partial charge in [0, 0.05) is 29.0 Å². The quantitative estimate of drug-likeness (QED) is 0.640. The number of anilines is 4. The molecule has 2 heterocycles. The predicted octanol–water partition coefficient (Wildman–Crippen LogP) is 3.55. The molecule has 138 valence electrons. The molecule has 0 unspecified atom stereocenters. The molecule has 0 saturated carbocycles. The van der Waals surface area contributed by atoms with Gasteiger partial charge in [0.25, 0.3) is 0 Å². The zero-order chi connectivity index (χ0) is 19.2. The first-order valence-electron chi connectivity index (χ1n) is 8.48. The molecule has 0 atom stereocenters. The van der Waals surface area contributed by atoms with Crippen molar-refractivity contribution in [3.8, 4) is 0 Å². The van der Waals surface area contributed by atoms with E-state index in [0.29, 0.717) is 11.8 Å². The maximum absolute atomic E-state index is 12.1. The van der Waals surface area contributed by atoms with Gasteiger partial charge in [-0.05, 0) is 45.0 Å². The highest BCUT2D eigenvalue weighted by Crippen LogP contribution is 2.23. The van der Waals surface area contributed by atoms with E-state index in [1.54, 1.807) is 6.92 Å². The lowest BCUT2D eigenvalue weighted by atomic mass is 10.2. The third-order valence-corrected chi connectivity index (χ3v) is 3.57. The van der Waals surface area contributed by atoms with Crippen molar-refractivity contribution in [1.82, 2.24) is 19.9 Å². The minimum Gasteiger partial charge on any atom is -0.462 e. The molecule has 2 aromatic heterocycles. The summed E-state index contributed by atoms with van der Waals surface area (Å²) in [4.78, 5) is 28.9. The molecule has 3 rings (SSSR count). The van der Waals surface area contributed by atoms with Crippen molar-refractivity contribution in [1.29, 1.82) is 0 Å². The first-order valence-corrected chi connectivity index (χ1v) is 8.48. The fourth-order valence-electron chi connectivity index (χ4n) is 2.51. The minimum atomic E-state index is -0.474. The second-order valence-electron chi connectivity index (χ2n) is 5.81. The molecule has 0 fully saturated rings. The van der Waals surface area contributed by atoms with Crippen molar-refractivity contribution in [2.45, 2.75) is 20.8 Å². The molecular formula is C19H20N6O2. The molecule has 0 radical (unpaired) electrons. The Balaban J connectivity index is 1.82. The van der Waals surface area contributed by atoms with Crippen LogP contribution in [0.4, 0.5) is 23.1 Å². The summed E-state index contributed by atoms with van der Waals surface area (Å²) in [6.45, 7) is 5.87. The Kier molecular flexibility index (Phi) is 5.55. The third kappa shape index (κ3) is 4.75. The van der Waals surface area contributed by atoms with Crippen molar-refractivity contribution in [3.05, 3.63) is 59.8 Å². The Morgan fingerprint density at radius 1 is 1.07 bits per heavy atom. The Morgan fingerprint density at radius 2 is 1.78 bits per heavy atom. The van der Waals surface area contributed by atoms with Crippen LogP contribution in [0.1, 0.15) is 28.7 Å². The molecule has 2 N–H and O–H groups in total. The van der Waals surface area contributed by atoms with Gasteiger partial charge in [-0.2, -0.15) is 0 Å². The minimum absolute atomic E-state index is 0.273. The van der Waals surface area contributed by atoms with Gasteiger partial charge in [-0.3, -0.25) is 0 Å². The van der Waals surface area contributed by atoms with Gasteiger partial charge in [0.1, 0.15) is 17.7 Å². The summed E-state index contributed by atoms with van der Waals surface area (Å²) in [5, 5.41) is 6.31. The fourth-order valence-corrected chi connectivity index (χ4v) is 2.51. The number of nitrogens with one attached hydrogen (secondary N) is 2. The molecule has 0 aliphatic rings. The molecule has 3 aromatic rings. The standard InChI is InChI=1S/C19H20N6O2/c1-4-27-18(26)16-10-20-11-21-17(16)24-14-6-5-7-15(9-14)25-19-22-12(2)8-13(3)23-19/h5-11H,4H2,1-3H3,(H,20,21,24)(H,22,23,25). The Morgan fingerprint density at radius 3 is 2.48 bits per heavy atom. The monoisotopic (exact) mass is 364 g/mol. The smallest absolute Gasteiger partial charge is 0.343 e. The van der Waals surface area contributed by atoms with Crippen LogP contribution in [0, 0.1) is 13.8 Å².